The van der Waals surface area contributed by atoms with Crippen LogP contribution < -0.4 is 0 Å². The van der Waals surface area contributed by atoms with Crippen molar-refractivity contribution in [2.45, 2.75) is 24.7 Å². The van der Waals surface area contributed by atoms with Gasteiger partial charge >= 0.3 is 0 Å². The number of benzene rings is 1. The van der Waals surface area contributed by atoms with Crippen LogP contribution in [0.3, 0.4) is 0 Å². The topological polar surface area (TPSA) is 57.6 Å². The van der Waals surface area contributed by atoms with Crippen molar-refractivity contribution in [1.82, 2.24) is 4.31 Å². The van der Waals surface area contributed by atoms with Gasteiger partial charge in [0.25, 0.3) is 0 Å². The van der Waals surface area contributed by atoms with Gasteiger partial charge in [0.05, 0.1) is 11.9 Å². The van der Waals surface area contributed by atoms with Crippen molar-refractivity contribution in [3.05, 3.63) is 35.9 Å². The number of aliphatic hydroxyl groups excluding tert-OH is 1. The molecule has 17 heavy (non-hydrogen) atoms. The quantitative estimate of drug-likeness (QED) is 0.875. The highest BCUT2D eigenvalue weighted by Crippen LogP contribution is 2.17. The van der Waals surface area contributed by atoms with Crippen LogP contribution in [0.1, 0.15) is 18.4 Å². The van der Waals surface area contributed by atoms with E-state index in [4.69, 9.17) is 0 Å². The van der Waals surface area contributed by atoms with Crippen molar-refractivity contribution < 1.29 is 13.5 Å². The molecule has 0 saturated carbocycles. The van der Waals surface area contributed by atoms with Crippen molar-refractivity contribution in [3.8, 4) is 0 Å². The van der Waals surface area contributed by atoms with Crippen LogP contribution in [0.5, 0.6) is 0 Å². The second-order valence-electron chi connectivity index (χ2n) is 4.40. The first-order valence-corrected chi connectivity index (χ1v) is 7.39. The predicted molar refractivity (Wildman–Crippen MR) is 65.9 cm³/mol. The monoisotopic (exact) mass is 255 g/mol. The van der Waals surface area contributed by atoms with E-state index in [0.717, 1.165) is 12.0 Å². The van der Waals surface area contributed by atoms with E-state index in [2.05, 4.69) is 0 Å². The minimum Gasteiger partial charge on any atom is -0.392 e. The van der Waals surface area contributed by atoms with Crippen LogP contribution in [-0.2, 0) is 15.8 Å². The van der Waals surface area contributed by atoms with Crippen LogP contribution in [0.4, 0.5) is 0 Å². The van der Waals surface area contributed by atoms with E-state index in [1.54, 1.807) is 12.1 Å². The molecular weight excluding hydrogens is 238 g/mol. The number of hydrogen-bond acceptors (Lipinski definition) is 3. The average Bonchev–Trinajstić information content (AvgIpc) is 2.30. The molecule has 5 heteroatoms. The number of nitrogens with zero attached hydrogens (tertiary/aromatic N) is 1. The number of hydrogen-bond donors (Lipinski definition) is 1. The number of sulfonamides is 1. The second-order valence-corrected chi connectivity index (χ2v) is 6.36. The minimum atomic E-state index is -3.30. The van der Waals surface area contributed by atoms with Gasteiger partial charge in [-0.2, -0.15) is 4.31 Å². The Hall–Kier alpha value is -0.910. The summed E-state index contributed by atoms with van der Waals surface area (Å²) in [7, 11) is -3.30. The molecule has 1 aliphatic heterocycles. The third kappa shape index (κ3) is 3.28. The first kappa shape index (κ1) is 12.5. The summed E-state index contributed by atoms with van der Waals surface area (Å²) in [6.07, 6.45) is 0.904. The molecule has 0 bridgehead atoms. The molecular formula is C12H17NO3S. The molecule has 1 aromatic carbocycles. The maximum Gasteiger partial charge on any atom is 0.218 e. The van der Waals surface area contributed by atoms with E-state index in [-0.39, 0.29) is 12.3 Å². The van der Waals surface area contributed by atoms with Gasteiger partial charge in [0.1, 0.15) is 0 Å². The molecule has 1 heterocycles. The molecule has 0 aliphatic carbocycles. The minimum absolute atomic E-state index is 0.0144. The van der Waals surface area contributed by atoms with Crippen molar-refractivity contribution in [2.24, 2.45) is 0 Å². The van der Waals surface area contributed by atoms with Crippen LogP contribution in [0.2, 0.25) is 0 Å². The molecule has 1 N–H and O–H groups in total. The van der Waals surface area contributed by atoms with Crippen LogP contribution in [0.15, 0.2) is 30.3 Å². The summed E-state index contributed by atoms with van der Waals surface area (Å²) < 4.78 is 25.6. The average molecular weight is 255 g/mol. The Balaban J connectivity index is 2.08. The highest BCUT2D eigenvalue weighted by atomic mass is 32.2. The summed E-state index contributed by atoms with van der Waals surface area (Å²) in [5, 5.41) is 9.50. The fourth-order valence-electron chi connectivity index (χ4n) is 2.05. The summed E-state index contributed by atoms with van der Waals surface area (Å²) in [4.78, 5) is 0. The number of piperidine rings is 1. The van der Waals surface area contributed by atoms with E-state index in [1.165, 1.54) is 4.31 Å². The summed E-state index contributed by atoms with van der Waals surface area (Å²) in [6.45, 7) is 0.751. The molecule has 1 fully saturated rings. The molecule has 4 nitrogen and oxygen atoms in total. The molecule has 0 amide bonds. The molecule has 94 valence electrons. The van der Waals surface area contributed by atoms with E-state index in [1.807, 2.05) is 18.2 Å². The van der Waals surface area contributed by atoms with Crippen LogP contribution in [0.25, 0.3) is 0 Å². The van der Waals surface area contributed by atoms with Gasteiger partial charge in [0, 0.05) is 13.1 Å². The van der Waals surface area contributed by atoms with Gasteiger partial charge in [-0.25, -0.2) is 8.42 Å². The standard InChI is InChI=1S/C12H17NO3S/c14-12-7-4-8-13(9-12)17(15,16)10-11-5-2-1-3-6-11/h1-3,5-6,12,14H,4,7-10H2/t12-/m0/s1. The van der Waals surface area contributed by atoms with E-state index in [0.29, 0.717) is 13.0 Å². The fraction of sp³-hybridized carbons (Fsp3) is 0.500. The van der Waals surface area contributed by atoms with Gasteiger partial charge in [-0.1, -0.05) is 30.3 Å². The first-order valence-electron chi connectivity index (χ1n) is 5.78. The lowest BCUT2D eigenvalue weighted by molar-refractivity contribution is 0.108. The third-order valence-electron chi connectivity index (χ3n) is 2.94. The normalized spacial score (nSPS) is 22.5. The molecule has 0 radical (unpaired) electrons. The second kappa shape index (κ2) is 5.16. The Morgan fingerprint density at radius 1 is 1.29 bits per heavy atom. The molecule has 1 aromatic rings. The summed E-state index contributed by atoms with van der Waals surface area (Å²) in [6, 6.07) is 9.13. The maximum atomic E-state index is 12.1. The largest absolute Gasteiger partial charge is 0.392 e. The molecule has 0 unspecified atom stereocenters. The number of rotatable bonds is 3. The Morgan fingerprint density at radius 3 is 2.65 bits per heavy atom. The molecule has 0 spiro atoms. The predicted octanol–water partition coefficient (Wildman–Crippen LogP) is 0.973. The summed E-state index contributed by atoms with van der Waals surface area (Å²) >= 11 is 0. The van der Waals surface area contributed by atoms with E-state index < -0.39 is 16.1 Å². The molecule has 1 atom stereocenters. The fourth-order valence-corrected chi connectivity index (χ4v) is 3.65. The lowest BCUT2D eigenvalue weighted by Gasteiger charge is -2.29. The Kier molecular flexibility index (Phi) is 3.81. The zero-order valence-corrected chi connectivity index (χ0v) is 10.4. The van der Waals surface area contributed by atoms with Crippen molar-refractivity contribution in [3.63, 3.8) is 0 Å². The zero-order valence-electron chi connectivity index (χ0n) is 9.62. The lowest BCUT2D eigenvalue weighted by Crippen LogP contribution is -2.42. The lowest BCUT2D eigenvalue weighted by atomic mass is 10.1. The van der Waals surface area contributed by atoms with Crippen molar-refractivity contribution >= 4 is 10.0 Å². The molecule has 1 saturated heterocycles. The number of aliphatic hydroxyl groups is 1. The Bertz CT molecular complexity index is 458. The van der Waals surface area contributed by atoms with Crippen molar-refractivity contribution in [1.29, 1.82) is 0 Å². The van der Waals surface area contributed by atoms with E-state index >= 15 is 0 Å². The molecule has 0 aromatic heterocycles. The Labute approximate surface area is 102 Å². The summed E-state index contributed by atoms with van der Waals surface area (Å²) in [5.41, 5.74) is 0.785. The van der Waals surface area contributed by atoms with Crippen LogP contribution in [-0.4, -0.2) is 37.0 Å². The Morgan fingerprint density at radius 2 is 2.00 bits per heavy atom. The molecule has 1 aliphatic rings. The highest BCUT2D eigenvalue weighted by Gasteiger charge is 2.27. The SMILES string of the molecule is O=S(=O)(Cc1ccccc1)N1CCC[C@H](O)C1. The highest BCUT2D eigenvalue weighted by molar-refractivity contribution is 7.88. The van der Waals surface area contributed by atoms with Gasteiger partial charge in [0.15, 0.2) is 0 Å². The van der Waals surface area contributed by atoms with Gasteiger partial charge in [0.2, 0.25) is 10.0 Å². The van der Waals surface area contributed by atoms with Crippen molar-refractivity contribution in [2.75, 3.05) is 13.1 Å². The zero-order chi connectivity index (χ0) is 12.3. The van der Waals surface area contributed by atoms with Gasteiger partial charge in [-0.3, -0.25) is 0 Å². The smallest absolute Gasteiger partial charge is 0.218 e. The van der Waals surface area contributed by atoms with Crippen LogP contribution >= 0.6 is 0 Å². The van der Waals surface area contributed by atoms with E-state index in [9.17, 15) is 13.5 Å². The molecule has 2 rings (SSSR count). The number of β-amino-alcohol motifs (C(OH)–C–C–N with tert-alkyl or cyclic N) is 1. The van der Waals surface area contributed by atoms with Crippen LogP contribution in [0, 0.1) is 0 Å². The third-order valence-corrected chi connectivity index (χ3v) is 4.76. The summed E-state index contributed by atoms with van der Waals surface area (Å²) in [5.74, 6) is 0.0144. The van der Waals surface area contributed by atoms with Gasteiger partial charge in [-0.15, -0.1) is 0 Å². The first-order chi connectivity index (χ1) is 8.08. The van der Waals surface area contributed by atoms with Gasteiger partial charge in [-0.05, 0) is 18.4 Å². The maximum absolute atomic E-state index is 12.1. The van der Waals surface area contributed by atoms with Gasteiger partial charge < -0.3 is 5.11 Å².